The van der Waals surface area contributed by atoms with Gasteiger partial charge in [0.1, 0.15) is 5.01 Å². The molecule has 2 aromatic carbocycles. The van der Waals surface area contributed by atoms with Crippen LogP contribution in [0.15, 0.2) is 60.0 Å². The Morgan fingerprint density at radius 3 is 2.59 bits per heavy atom. The summed E-state index contributed by atoms with van der Waals surface area (Å²) in [4.78, 5) is 22.1. The van der Waals surface area contributed by atoms with Crippen LogP contribution in [0.2, 0.25) is 0 Å². The zero-order valence-electron chi connectivity index (χ0n) is 15.2. The fourth-order valence-electron chi connectivity index (χ4n) is 3.02. The standard InChI is InChI=1S/C22H19N3OS/c1-14-8-9-19-17(10-14)18(11-20(25-19)16-6-4-3-5-7-16)22(26)23-12-21-24-15(2)13-27-21/h3-11,13H,12H2,1-2H3,(H,23,26). The third-order valence-electron chi connectivity index (χ3n) is 4.35. The van der Waals surface area contributed by atoms with Crippen molar-refractivity contribution in [2.45, 2.75) is 20.4 Å². The largest absolute Gasteiger partial charge is 0.346 e. The quantitative estimate of drug-likeness (QED) is 0.553. The first kappa shape index (κ1) is 17.4. The van der Waals surface area contributed by atoms with E-state index >= 15 is 0 Å². The van der Waals surface area contributed by atoms with Gasteiger partial charge in [-0.2, -0.15) is 0 Å². The van der Waals surface area contributed by atoms with Crippen molar-refractivity contribution in [2.24, 2.45) is 0 Å². The lowest BCUT2D eigenvalue weighted by molar-refractivity contribution is 0.0952. The molecule has 0 radical (unpaired) electrons. The lowest BCUT2D eigenvalue weighted by Crippen LogP contribution is -2.23. The Balaban J connectivity index is 1.74. The average Bonchev–Trinajstić information content (AvgIpc) is 3.11. The zero-order valence-corrected chi connectivity index (χ0v) is 16.0. The molecule has 27 heavy (non-hydrogen) atoms. The number of carbonyl (C=O) groups excluding carboxylic acids is 1. The summed E-state index contributed by atoms with van der Waals surface area (Å²) in [7, 11) is 0. The smallest absolute Gasteiger partial charge is 0.252 e. The number of fused-ring (bicyclic) bond motifs is 1. The summed E-state index contributed by atoms with van der Waals surface area (Å²) in [6, 6.07) is 17.8. The minimum atomic E-state index is -0.113. The molecule has 2 aromatic heterocycles. The molecule has 0 atom stereocenters. The fourth-order valence-corrected chi connectivity index (χ4v) is 3.73. The summed E-state index contributed by atoms with van der Waals surface area (Å²) >= 11 is 1.55. The first-order valence-corrected chi connectivity index (χ1v) is 9.64. The molecule has 1 amide bonds. The third-order valence-corrected chi connectivity index (χ3v) is 5.31. The van der Waals surface area contributed by atoms with Crippen LogP contribution in [0.3, 0.4) is 0 Å². The van der Waals surface area contributed by atoms with Crippen LogP contribution in [0.5, 0.6) is 0 Å². The normalized spacial score (nSPS) is 10.9. The number of benzene rings is 2. The van der Waals surface area contributed by atoms with E-state index in [9.17, 15) is 4.79 Å². The van der Waals surface area contributed by atoms with E-state index in [-0.39, 0.29) is 5.91 Å². The van der Waals surface area contributed by atoms with Crippen LogP contribution < -0.4 is 5.32 Å². The molecule has 4 aromatic rings. The van der Waals surface area contributed by atoms with Crippen LogP contribution in [-0.4, -0.2) is 15.9 Å². The molecule has 1 N–H and O–H groups in total. The number of carbonyl (C=O) groups is 1. The zero-order chi connectivity index (χ0) is 18.8. The Morgan fingerprint density at radius 2 is 1.85 bits per heavy atom. The second kappa shape index (κ2) is 7.29. The number of rotatable bonds is 4. The summed E-state index contributed by atoms with van der Waals surface area (Å²) in [5, 5.41) is 6.75. The van der Waals surface area contributed by atoms with Gasteiger partial charge in [-0.25, -0.2) is 9.97 Å². The molecule has 4 rings (SSSR count). The second-order valence-corrected chi connectivity index (χ2v) is 7.45. The highest BCUT2D eigenvalue weighted by Crippen LogP contribution is 2.26. The van der Waals surface area contributed by atoms with Crippen molar-refractivity contribution in [1.82, 2.24) is 15.3 Å². The van der Waals surface area contributed by atoms with Crippen molar-refractivity contribution in [1.29, 1.82) is 0 Å². The molecule has 0 aliphatic carbocycles. The van der Waals surface area contributed by atoms with E-state index < -0.39 is 0 Å². The first-order chi connectivity index (χ1) is 13.1. The van der Waals surface area contributed by atoms with E-state index in [1.807, 2.05) is 73.8 Å². The Morgan fingerprint density at radius 1 is 1.04 bits per heavy atom. The number of hydrogen-bond donors (Lipinski definition) is 1. The highest BCUT2D eigenvalue weighted by molar-refractivity contribution is 7.09. The predicted octanol–water partition coefficient (Wildman–Crippen LogP) is 4.91. The predicted molar refractivity (Wildman–Crippen MR) is 110 cm³/mol. The van der Waals surface area contributed by atoms with Gasteiger partial charge in [0.2, 0.25) is 0 Å². The summed E-state index contributed by atoms with van der Waals surface area (Å²) in [6.45, 7) is 4.39. The number of pyridine rings is 1. The molecule has 0 fully saturated rings. The number of nitrogens with one attached hydrogen (secondary N) is 1. The fraction of sp³-hybridized carbons (Fsp3) is 0.136. The molecule has 5 heteroatoms. The van der Waals surface area contributed by atoms with Crippen molar-refractivity contribution in [3.8, 4) is 11.3 Å². The molecule has 0 saturated heterocycles. The van der Waals surface area contributed by atoms with E-state index in [0.29, 0.717) is 12.1 Å². The number of thiazole rings is 1. The number of aromatic nitrogens is 2. The van der Waals surface area contributed by atoms with Crippen molar-refractivity contribution in [3.63, 3.8) is 0 Å². The summed E-state index contributed by atoms with van der Waals surface area (Å²) in [6.07, 6.45) is 0. The SMILES string of the molecule is Cc1ccc2nc(-c3ccccc3)cc(C(=O)NCc3nc(C)cs3)c2c1. The van der Waals surface area contributed by atoms with E-state index in [0.717, 1.165) is 38.4 Å². The highest BCUT2D eigenvalue weighted by Gasteiger charge is 2.14. The molecule has 0 spiro atoms. The van der Waals surface area contributed by atoms with Gasteiger partial charge in [-0.1, -0.05) is 42.0 Å². The van der Waals surface area contributed by atoms with E-state index in [1.165, 1.54) is 0 Å². The van der Waals surface area contributed by atoms with Crippen molar-refractivity contribution in [2.75, 3.05) is 0 Å². The van der Waals surface area contributed by atoms with Crippen LogP contribution >= 0.6 is 11.3 Å². The Hall–Kier alpha value is -3.05. The van der Waals surface area contributed by atoms with Crippen LogP contribution in [0.1, 0.15) is 26.6 Å². The minimum absolute atomic E-state index is 0.113. The van der Waals surface area contributed by atoms with Crippen LogP contribution in [-0.2, 0) is 6.54 Å². The number of hydrogen-bond acceptors (Lipinski definition) is 4. The monoisotopic (exact) mass is 373 g/mol. The highest BCUT2D eigenvalue weighted by atomic mass is 32.1. The number of amides is 1. The van der Waals surface area contributed by atoms with Gasteiger partial charge in [0.05, 0.1) is 23.3 Å². The maximum absolute atomic E-state index is 13.0. The minimum Gasteiger partial charge on any atom is -0.346 e. The molecule has 0 aliphatic rings. The molecule has 0 unspecified atom stereocenters. The van der Waals surface area contributed by atoms with Gasteiger partial charge in [0.25, 0.3) is 5.91 Å². The van der Waals surface area contributed by atoms with Crippen LogP contribution in [0.25, 0.3) is 22.2 Å². The Kier molecular flexibility index (Phi) is 4.69. The van der Waals surface area contributed by atoms with Gasteiger partial charge in [-0.3, -0.25) is 4.79 Å². The lowest BCUT2D eigenvalue weighted by atomic mass is 10.0. The molecular weight excluding hydrogens is 354 g/mol. The van der Waals surface area contributed by atoms with Crippen LogP contribution in [0.4, 0.5) is 0 Å². The molecule has 0 bridgehead atoms. The van der Waals surface area contributed by atoms with E-state index in [4.69, 9.17) is 4.98 Å². The molecule has 0 saturated carbocycles. The van der Waals surface area contributed by atoms with Crippen LogP contribution in [0, 0.1) is 13.8 Å². The summed E-state index contributed by atoms with van der Waals surface area (Å²) in [5.74, 6) is -0.113. The molecular formula is C22H19N3OS. The van der Waals surface area contributed by atoms with Gasteiger partial charge >= 0.3 is 0 Å². The van der Waals surface area contributed by atoms with Gasteiger partial charge in [0, 0.05) is 22.0 Å². The Bertz CT molecular complexity index is 1120. The maximum atomic E-state index is 13.0. The van der Waals surface area contributed by atoms with Gasteiger partial charge in [0.15, 0.2) is 0 Å². The van der Waals surface area contributed by atoms with E-state index in [2.05, 4.69) is 10.3 Å². The van der Waals surface area contributed by atoms with Crippen molar-refractivity contribution >= 4 is 28.1 Å². The van der Waals surface area contributed by atoms with Crippen molar-refractivity contribution < 1.29 is 4.79 Å². The maximum Gasteiger partial charge on any atom is 0.252 e. The summed E-state index contributed by atoms with van der Waals surface area (Å²) < 4.78 is 0. The topological polar surface area (TPSA) is 54.9 Å². The molecule has 4 nitrogen and oxygen atoms in total. The number of nitrogens with zero attached hydrogens (tertiary/aromatic N) is 2. The Labute approximate surface area is 161 Å². The van der Waals surface area contributed by atoms with Gasteiger partial charge in [-0.15, -0.1) is 11.3 Å². The van der Waals surface area contributed by atoms with Crippen molar-refractivity contribution in [3.05, 3.63) is 81.8 Å². The van der Waals surface area contributed by atoms with E-state index in [1.54, 1.807) is 11.3 Å². The summed E-state index contributed by atoms with van der Waals surface area (Å²) in [5.41, 5.74) is 5.31. The second-order valence-electron chi connectivity index (χ2n) is 6.51. The molecule has 134 valence electrons. The molecule has 2 heterocycles. The molecule has 0 aliphatic heterocycles. The first-order valence-electron chi connectivity index (χ1n) is 8.76. The average molecular weight is 373 g/mol. The number of aryl methyl sites for hydroxylation is 2. The third kappa shape index (κ3) is 3.73. The lowest BCUT2D eigenvalue weighted by Gasteiger charge is -2.11. The van der Waals surface area contributed by atoms with Gasteiger partial charge < -0.3 is 5.32 Å². The van der Waals surface area contributed by atoms with Gasteiger partial charge in [-0.05, 0) is 32.0 Å².